The fraction of sp³-hybridized carbons (Fsp3) is 0.636. The Hall–Kier alpha value is -1.79. The van der Waals surface area contributed by atoms with Crippen LogP contribution in [0, 0.1) is 5.92 Å². The van der Waals surface area contributed by atoms with E-state index in [9.17, 15) is 9.59 Å². The molecule has 6 nitrogen and oxygen atoms in total. The van der Waals surface area contributed by atoms with Gasteiger partial charge >= 0.3 is 6.03 Å². The van der Waals surface area contributed by atoms with Crippen molar-refractivity contribution in [3.05, 3.63) is 29.3 Å². The number of piperazine rings is 1. The van der Waals surface area contributed by atoms with E-state index < -0.39 is 0 Å². The molecular formula is C22H33ClN4O2. The van der Waals surface area contributed by atoms with Gasteiger partial charge < -0.3 is 10.2 Å². The summed E-state index contributed by atoms with van der Waals surface area (Å²) >= 11 is 5.92. The predicted octanol–water partition coefficient (Wildman–Crippen LogP) is 3.60. The van der Waals surface area contributed by atoms with Crippen molar-refractivity contribution in [3.63, 3.8) is 0 Å². The number of nitrogens with zero attached hydrogens (tertiary/aromatic N) is 3. The Morgan fingerprint density at radius 2 is 1.62 bits per heavy atom. The molecule has 0 bridgehead atoms. The number of benzene rings is 1. The van der Waals surface area contributed by atoms with E-state index in [4.69, 9.17) is 11.6 Å². The third kappa shape index (κ3) is 5.64. The largest absolute Gasteiger partial charge is 0.340 e. The fourth-order valence-electron chi connectivity index (χ4n) is 4.26. The molecule has 3 rings (SSSR count). The lowest BCUT2D eigenvalue weighted by molar-refractivity contribution is -0.138. The zero-order valence-corrected chi connectivity index (χ0v) is 18.5. The molecule has 0 radical (unpaired) electrons. The SMILES string of the molecule is CC(C)N1CCN(C(=O)C2CCC(NC(=O)N(C)c3ccc(Cl)cc3)CC2)CC1. The van der Waals surface area contributed by atoms with E-state index in [1.54, 1.807) is 24.1 Å². The van der Waals surface area contributed by atoms with Crippen LogP contribution in [0.2, 0.25) is 5.02 Å². The van der Waals surface area contributed by atoms with Crippen LogP contribution >= 0.6 is 11.6 Å². The van der Waals surface area contributed by atoms with Gasteiger partial charge in [-0.15, -0.1) is 0 Å². The van der Waals surface area contributed by atoms with Crippen LogP contribution in [0.25, 0.3) is 0 Å². The number of carbonyl (C=O) groups excluding carboxylic acids is 2. The third-order valence-corrected chi connectivity index (χ3v) is 6.53. The summed E-state index contributed by atoms with van der Waals surface area (Å²) in [7, 11) is 1.75. The summed E-state index contributed by atoms with van der Waals surface area (Å²) in [6.45, 7) is 8.01. The molecule has 0 unspecified atom stereocenters. The normalized spacial score (nSPS) is 23.1. The molecule has 7 heteroatoms. The van der Waals surface area contributed by atoms with Crippen LogP contribution in [0.15, 0.2) is 24.3 Å². The molecule has 1 aliphatic carbocycles. The molecule has 1 aromatic carbocycles. The zero-order valence-electron chi connectivity index (χ0n) is 17.7. The minimum absolute atomic E-state index is 0.0998. The molecule has 3 amide bonds. The van der Waals surface area contributed by atoms with E-state index in [0.29, 0.717) is 17.0 Å². The summed E-state index contributed by atoms with van der Waals surface area (Å²) in [4.78, 5) is 31.5. The molecule has 1 N–H and O–H groups in total. The van der Waals surface area contributed by atoms with Crippen LogP contribution in [-0.2, 0) is 4.79 Å². The van der Waals surface area contributed by atoms with Crippen molar-refractivity contribution < 1.29 is 9.59 Å². The minimum Gasteiger partial charge on any atom is -0.340 e. The first-order valence-electron chi connectivity index (χ1n) is 10.7. The Morgan fingerprint density at radius 1 is 1.03 bits per heavy atom. The van der Waals surface area contributed by atoms with Gasteiger partial charge in [-0.25, -0.2) is 4.79 Å². The lowest BCUT2D eigenvalue weighted by Crippen LogP contribution is -2.52. The number of halogens is 1. The van der Waals surface area contributed by atoms with Gasteiger partial charge in [0.2, 0.25) is 5.91 Å². The third-order valence-electron chi connectivity index (χ3n) is 6.28. The van der Waals surface area contributed by atoms with Crippen LogP contribution in [0.4, 0.5) is 10.5 Å². The van der Waals surface area contributed by atoms with Gasteiger partial charge in [0.25, 0.3) is 0 Å². The number of anilines is 1. The quantitative estimate of drug-likeness (QED) is 0.809. The maximum Gasteiger partial charge on any atom is 0.321 e. The number of nitrogens with one attached hydrogen (secondary N) is 1. The van der Waals surface area contributed by atoms with Gasteiger partial charge in [0.15, 0.2) is 0 Å². The van der Waals surface area contributed by atoms with E-state index in [-0.39, 0.29) is 18.0 Å². The molecule has 2 fully saturated rings. The second-order valence-corrected chi connectivity index (χ2v) is 8.92. The average molecular weight is 421 g/mol. The number of carbonyl (C=O) groups is 2. The standard InChI is InChI=1S/C22H33ClN4O2/c1-16(2)26-12-14-27(15-13-26)21(28)17-4-8-19(9-5-17)24-22(29)25(3)20-10-6-18(23)7-11-20/h6-7,10-11,16-17,19H,4-5,8-9,12-15H2,1-3H3,(H,24,29). The Bertz CT molecular complexity index is 693. The van der Waals surface area contributed by atoms with Crippen molar-refractivity contribution in [1.82, 2.24) is 15.1 Å². The molecule has 1 saturated heterocycles. The number of hydrogen-bond donors (Lipinski definition) is 1. The van der Waals surface area contributed by atoms with Crippen molar-refractivity contribution in [3.8, 4) is 0 Å². The van der Waals surface area contributed by atoms with Gasteiger partial charge in [-0.1, -0.05) is 11.6 Å². The maximum absolute atomic E-state index is 12.9. The molecule has 1 saturated carbocycles. The van der Waals surface area contributed by atoms with Crippen molar-refractivity contribution in [1.29, 1.82) is 0 Å². The van der Waals surface area contributed by atoms with Crippen LogP contribution in [0.5, 0.6) is 0 Å². The van der Waals surface area contributed by atoms with E-state index >= 15 is 0 Å². The summed E-state index contributed by atoms with van der Waals surface area (Å²) in [6, 6.07) is 7.76. The van der Waals surface area contributed by atoms with Gasteiger partial charge in [0.1, 0.15) is 0 Å². The first-order valence-corrected chi connectivity index (χ1v) is 11.1. The lowest BCUT2D eigenvalue weighted by atomic mass is 9.85. The summed E-state index contributed by atoms with van der Waals surface area (Å²) in [5, 5.41) is 3.76. The zero-order chi connectivity index (χ0) is 21.0. The van der Waals surface area contributed by atoms with Crippen LogP contribution in [0.1, 0.15) is 39.5 Å². The summed E-state index contributed by atoms with van der Waals surface area (Å²) < 4.78 is 0. The molecule has 29 heavy (non-hydrogen) atoms. The first kappa shape index (κ1) is 21.9. The summed E-state index contributed by atoms with van der Waals surface area (Å²) in [6.07, 6.45) is 3.39. The second-order valence-electron chi connectivity index (χ2n) is 8.49. The molecule has 0 spiro atoms. The van der Waals surface area contributed by atoms with Crippen molar-refractivity contribution >= 4 is 29.2 Å². The second kappa shape index (κ2) is 9.81. The number of rotatable bonds is 4. The van der Waals surface area contributed by atoms with Gasteiger partial charge in [-0.05, 0) is 63.8 Å². The summed E-state index contributed by atoms with van der Waals surface area (Å²) in [5.41, 5.74) is 0.802. The number of hydrogen-bond acceptors (Lipinski definition) is 3. The van der Waals surface area contributed by atoms with Crippen LogP contribution in [-0.4, -0.2) is 67.0 Å². The van der Waals surface area contributed by atoms with Crippen LogP contribution in [0.3, 0.4) is 0 Å². The average Bonchev–Trinajstić information content (AvgIpc) is 2.74. The van der Waals surface area contributed by atoms with Gasteiger partial charge in [-0.2, -0.15) is 0 Å². The molecule has 0 aromatic heterocycles. The van der Waals surface area contributed by atoms with E-state index in [1.165, 1.54) is 0 Å². The van der Waals surface area contributed by atoms with Gasteiger partial charge in [0, 0.05) is 61.9 Å². The molecule has 160 valence electrons. The topological polar surface area (TPSA) is 55.9 Å². The van der Waals surface area contributed by atoms with E-state index in [0.717, 1.165) is 57.5 Å². The Labute approximate surface area is 179 Å². The van der Waals surface area contributed by atoms with Gasteiger partial charge in [-0.3, -0.25) is 14.6 Å². The maximum atomic E-state index is 12.9. The van der Waals surface area contributed by atoms with Crippen molar-refractivity contribution in [2.45, 2.75) is 51.6 Å². The van der Waals surface area contributed by atoms with E-state index in [1.807, 2.05) is 17.0 Å². The lowest BCUT2D eigenvalue weighted by Gasteiger charge is -2.39. The number of urea groups is 1. The first-order chi connectivity index (χ1) is 13.8. The molecule has 1 heterocycles. The Morgan fingerprint density at radius 3 is 2.17 bits per heavy atom. The number of amides is 3. The van der Waals surface area contributed by atoms with Crippen molar-refractivity contribution in [2.75, 3.05) is 38.1 Å². The van der Waals surface area contributed by atoms with Gasteiger partial charge in [0.05, 0.1) is 0 Å². The molecule has 0 atom stereocenters. The van der Waals surface area contributed by atoms with E-state index in [2.05, 4.69) is 24.1 Å². The van der Waals surface area contributed by atoms with Crippen molar-refractivity contribution in [2.24, 2.45) is 5.92 Å². The highest BCUT2D eigenvalue weighted by Gasteiger charge is 2.32. The molecular weight excluding hydrogens is 388 g/mol. The Balaban J connectivity index is 1.43. The Kier molecular flexibility index (Phi) is 7.41. The predicted molar refractivity (Wildman–Crippen MR) is 117 cm³/mol. The molecule has 2 aliphatic rings. The fourth-order valence-corrected chi connectivity index (χ4v) is 4.38. The highest BCUT2D eigenvalue weighted by atomic mass is 35.5. The molecule has 1 aromatic rings. The monoisotopic (exact) mass is 420 g/mol. The summed E-state index contributed by atoms with van der Waals surface area (Å²) in [5.74, 6) is 0.402. The minimum atomic E-state index is -0.119. The smallest absolute Gasteiger partial charge is 0.321 e. The highest BCUT2D eigenvalue weighted by molar-refractivity contribution is 6.30. The molecule has 1 aliphatic heterocycles. The highest BCUT2D eigenvalue weighted by Crippen LogP contribution is 2.27. The van der Waals surface area contributed by atoms with Crippen LogP contribution < -0.4 is 10.2 Å².